The SMILES string of the molecule is CCCCC(C(=O)O)N1CCOC(OCc2cc(C(F)(F)F)cc(C(F)(F)F)c2)C1c1ccccc1. The summed E-state index contributed by atoms with van der Waals surface area (Å²) in [6.07, 6.45) is -9.27. The molecule has 2 aromatic rings. The number of rotatable bonds is 9. The number of ether oxygens (including phenoxy) is 2. The van der Waals surface area contributed by atoms with Crippen LogP contribution >= 0.6 is 0 Å². The minimum atomic E-state index is -4.98. The van der Waals surface area contributed by atoms with Crippen LogP contribution in [0.15, 0.2) is 48.5 Å². The van der Waals surface area contributed by atoms with Crippen LogP contribution in [0.1, 0.15) is 54.5 Å². The van der Waals surface area contributed by atoms with Crippen LogP contribution in [0.3, 0.4) is 0 Å². The number of hydrogen-bond acceptors (Lipinski definition) is 4. The lowest BCUT2D eigenvalue weighted by Crippen LogP contribution is -2.53. The molecule has 2 aromatic carbocycles. The third-order valence-corrected chi connectivity index (χ3v) is 5.97. The standard InChI is InChI=1S/C25H27F6NO4/c1-2-3-9-20(22(33)34)32-10-11-35-23(21(32)17-7-5-4-6-8-17)36-15-16-12-18(24(26,27)28)14-19(13-16)25(29,30)31/h4-8,12-14,20-21,23H,2-3,9-11,15H2,1H3,(H,33,34). The Labute approximate surface area is 204 Å². The Kier molecular flexibility index (Phi) is 9.02. The number of aliphatic carboxylic acids is 1. The van der Waals surface area contributed by atoms with Gasteiger partial charge in [-0.05, 0) is 35.7 Å². The molecule has 1 heterocycles. The molecule has 1 fully saturated rings. The Morgan fingerprint density at radius 2 is 1.69 bits per heavy atom. The van der Waals surface area contributed by atoms with E-state index in [1.54, 1.807) is 35.2 Å². The van der Waals surface area contributed by atoms with Crippen molar-refractivity contribution in [3.63, 3.8) is 0 Å². The normalized spacial score (nSPS) is 20.3. The highest BCUT2D eigenvalue weighted by atomic mass is 19.4. The summed E-state index contributed by atoms with van der Waals surface area (Å²) in [6.45, 7) is 1.69. The molecule has 3 atom stereocenters. The molecule has 1 aliphatic rings. The highest BCUT2D eigenvalue weighted by Crippen LogP contribution is 2.38. The number of nitrogens with zero attached hydrogens (tertiary/aromatic N) is 1. The van der Waals surface area contributed by atoms with Crippen molar-refractivity contribution in [3.05, 3.63) is 70.8 Å². The number of carbonyl (C=O) groups is 1. The second kappa shape index (κ2) is 11.6. The van der Waals surface area contributed by atoms with Crippen molar-refractivity contribution in [2.75, 3.05) is 13.2 Å². The van der Waals surface area contributed by atoms with E-state index in [0.717, 1.165) is 6.42 Å². The lowest BCUT2D eigenvalue weighted by molar-refractivity contribution is -0.224. The van der Waals surface area contributed by atoms with Gasteiger partial charge in [0.15, 0.2) is 6.29 Å². The Hall–Kier alpha value is -2.63. The van der Waals surface area contributed by atoms with E-state index in [-0.39, 0.29) is 24.8 Å². The van der Waals surface area contributed by atoms with E-state index in [4.69, 9.17) is 9.47 Å². The van der Waals surface area contributed by atoms with Gasteiger partial charge in [0, 0.05) is 6.54 Å². The Morgan fingerprint density at radius 1 is 1.08 bits per heavy atom. The van der Waals surface area contributed by atoms with Crippen LogP contribution in [0, 0.1) is 0 Å². The van der Waals surface area contributed by atoms with Gasteiger partial charge in [0.05, 0.1) is 30.4 Å². The quantitative estimate of drug-likeness (QED) is 0.395. The summed E-state index contributed by atoms with van der Waals surface area (Å²) < 4.78 is 90.9. The van der Waals surface area contributed by atoms with Crippen LogP contribution in [0.5, 0.6) is 0 Å². The molecule has 0 aliphatic carbocycles. The first-order valence-electron chi connectivity index (χ1n) is 11.5. The second-order valence-corrected chi connectivity index (χ2v) is 8.55. The minimum absolute atomic E-state index is 0.0559. The van der Waals surface area contributed by atoms with Gasteiger partial charge in [-0.2, -0.15) is 26.3 Å². The molecule has 5 nitrogen and oxygen atoms in total. The van der Waals surface area contributed by atoms with Crippen LogP contribution in [-0.2, 0) is 33.2 Å². The summed E-state index contributed by atoms with van der Waals surface area (Å²) in [5.74, 6) is -1.03. The first-order valence-corrected chi connectivity index (χ1v) is 11.5. The number of unbranched alkanes of at least 4 members (excludes halogenated alkanes) is 1. The van der Waals surface area contributed by atoms with E-state index in [1.165, 1.54) is 0 Å². The molecule has 0 aromatic heterocycles. The highest BCUT2D eigenvalue weighted by Gasteiger charge is 2.41. The van der Waals surface area contributed by atoms with Crippen LogP contribution in [0.4, 0.5) is 26.3 Å². The number of carboxylic acid groups (broad SMARTS) is 1. The molecule has 11 heteroatoms. The van der Waals surface area contributed by atoms with Crippen molar-refractivity contribution >= 4 is 5.97 Å². The van der Waals surface area contributed by atoms with Crippen molar-refractivity contribution in [1.29, 1.82) is 0 Å². The lowest BCUT2D eigenvalue weighted by atomic mass is 9.98. The van der Waals surface area contributed by atoms with Gasteiger partial charge in [-0.3, -0.25) is 9.69 Å². The van der Waals surface area contributed by atoms with Gasteiger partial charge in [0.25, 0.3) is 0 Å². The predicted octanol–water partition coefficient (Wildman–Crippen LogP) is 6.28. The van der Waals surface area contributed by atoms with E-state index in [9.17, 15) is 36.2 Å². The molecule has 3 unspecified atom stereocenters. The Bertz CT molecular complexity index is 980. The summed E-state index contributed by atoms with van der Waals surface area (Å²) in [6, 6.07) is 8.40. The van der Waals surface area contributed by atoms with Crippen LogP contribution in [0.2, 0.25) is 0 Å². The van der Waals surface area contributed by atoms with Crippen molar-refractivity contribution in [2.24, 2.45) is 0 Å². The summed E-state index contributed by atoms with van der Waals surface area (Å²) in [4.78, 5) is 13.8. The molecular formula is C25H27F6NO4. The Morgan fingerprint density at radius 3 is 2.22 bits per heavy atom. The summed E-state index contributed by atoms with van der Waals surface area (Å²) in [5.41, 5.74) is -2.55. The van der Waals surface area contributed by atoms with Crippen LogP contribution < -0.4 is 0 Å². The molecule has 3 rings (SSSR count). The number of morpholine rings is 1. The van der Waals surface area contributed by atoms with E-state index >= 15 is 0 Å². The average molecular weight is 519 g/mol. The van der Waals surface area contributed by atoms with E-state index in [1.807, 2.05) is 6.92 Å². The van der Waals surface area contributed by atoms with Crippen molar-refractivity contribution in [3.8, 4) is 0 Å². The number of carboxylic acids is 1. The van der Waals surface area contributed by atoms with Crippen molar-refractivity contribution in [2.45, 2.75) is 63.5 Å². The fraction of sp³-hybridized carbons (Fsp3) is 0.480. The molecule has 198 valence electrons. The smallest absolute Gasteiger partial charge is 0.416 e. The first-order chi connectivity index (χ1) is 16.9. The maximum atomic E-state index is 13.2. The topological polar surface area (TPSA) is 59.0 Å². The van der Waals surface area contributed by atoms with E-state index in [0.29, 0.717) is 30.5 Å². The maximum absolute atomic E-state index is 13.2. The van der Waals surface area contributed by atoms with E-state index < -0.39 is 54.4 Å². The number of alkyl halides is 6. The van der Waals surface area contributed by atoms with Crippen LogP contribution in [-0.4, -0.2) is 41.5 Å². The van der Waals surface area contributed by atoms with Gasteiger partial charge in [0.2, 0.25) is 0 Å². The van der Waals surface area contributed by atoms with Gasteiger partial charge in [-0.25, -0.2) is 0 Å². The monoisotopic (exact) mass is 519 g/mol. The summed E-state index contributed by atoms with van der Waals surface area (Å²) in [7, 11) is 0. The molecular weight excluding hydrogens is 492 g/mol. The molecule has 0 bridgehead atoms. The van der Waals surface area contributed by atoms with E-state index in [2.05, 4.69) is 0 Å². The number of benzene rings is 2. The zero-order chi connectivity index (χ0) is 26.5. The van der Waals surface area contributed by atoms with Gasteiger partial charge < -0.3 is 14.6 Å². The first kappa shape index (κ1) is 27.9. The molecule has 1 N–H and O–H groups in total. The molecule has 0 spiro atoms. The van der Waals surface area contributed by atoms with Gasteiger partial charge in [0.1, 0.15) is 6.04 Å². The number of hydrogen-bond donors (Lipinski definition) is 1. The van der Waals surface area contributed by atoms with Crippen LogP contribution in [0.25, 0.3) is 0 Å². The fourth-order valence-corrected chi connectivity index (χ4v) is 4.26. The molecule has 36 heavy (non-hydrogen) atoms. The lowest BCUT2D eigenvalue weighted by Gasteiger charge is -2.43. The Balaban J connectivity index is 1.92. The van der Waals surface area contributed by atoms with Gasteiger partial charge in [-0.15, -0.1) is 0 Å². The molecule has 1 saturated heterocycles. The summed E-state index contributed by atoms with van der Waals surface area (Å²) in [5, 5.41) is 9.89. The molecule has 0 saturated carbocycles. The molecule has 1 aliphatic heterocycles. The average Bonchev–Trinajstić information content (AvgIpc) is 2.82. The largest absolute Gasteiger partial charge is 0.480 e. The molecule has 0 radical (unpaired) electrons. The third-order valence-electron chi connectivity index (χ3n) is 5.97. The second-order valence-electron chi connectivity index (χ2n) is 8.55. The number of halogens is 6. The highest BCUT2D eigenvalue weighted by molar-refractivity contribution is 5.73. The zero-order valence-electron chi connectivity index (χ0n) is 19.5. The molecule has 0 amide bonds. The minimum Gasteiger partial charge on any atom is -0.480 e. The van der Waals surface area contributed by atoms with Crippen molar-refractivity contribution in [1.82, 2.24) is 4.90 Å². The third kappa shape index (κ3) is 6.98. The van der Waals surface area contributed by atoms with Gasteiger partial charge in [-0.1, -0.05) is 50.1 Å². The summed E-state index contributed by atoms with van der Waals surface area (Å²) >= 11 is 0. The zero-order valence-corrected chi connectivity index (χ0v) is 19.5. The predicted molar refractivity (Wildman–Crippen MR) is 118 cm³/mol. The fourth-order valence-electron chi connectivity index (χ4n) is 4.26. The van der Waals surface area contributed by atoms with Gasteiger partial charge >= 0.3 is 18.3 Å². The maximum Gasteiger partial charge on any atom is 0.416 e. The van der Waals surface area contributed by atoms with Crippen molar-refractivity contribution < 1.29 is 45.7 Å².